The van der Waals surface area contributed by atoms with Gasteiger partial charge in [0.1, 0.15) is 0 Å². The van der Waals surface area contributed by atoms with Gasteiger partial charge in [0.05, 0.1) is 5.69 Å². The SMILES string of the molecule is Cl.Nc1cc2c(nc1Cl)CCC2. The average molecular weight is 205 g/mol. The fraction of sp³-hybridized carbons (Fsp3) is 0.375. The lowest BCUT2D eigenvalue weighted by atomic mass is 10.2. The Bertz CT molecular complexity index is 270. The van der Waals surface area contributed by atoms with Crippen LogP contribution in [-0.4, -0.2) is 4.98 Å². The lowest BCUT2D eigenvalue weighted by molar-refractivity contribution is 0.899. The zero-order valence-corrected chi connectivity index (χ0v) is 8.08. The van der Waals surface area contributed by atoms with Crippen LogP contribution in [-0.2, 0) is 12.8 Å². The van der Waals surface area contributed by atoms with Gasteiger partial charge in [-0.25, -0.2) is 4.98 Å². The minimum atomic E-state index is 0. The number of anilines is 1. The number of rotatable bonds is 0. The van der Waals surface area contributed by atoms with E-state index in [2.05, 4.69) is 4.98 Å². The summed E-state index contributed by atoms with van der Waals surface area (Å²) in [5.41, 5.74) is 8.60. The van der Waals surface area contributed by atoms with Crippen molar-refractivity contribution in [2.75, 3.05) is 5.73 Å². The summed E-state index contributed by atoms with van der Waals surface area (Å²) in [4.78, 5) is 4.19. The predicted molar refractivity (Wildman–Crippen MR) is 52.9 cm³/mol. The van der Waals surface area contributed by atoms with Crippen molar-refractivity contribution in [2.24, 2.45) is 0 Å². The van der Waals surface area contributed by atoms with E-state index in [0.29, 0.717) is 10.8 Å². The van der Waals surface area contributed by atoms with Crippen LogP contribution < -0.4 is 5.73 Å². The van der Waals surface area contributed by atoms with E-state index >= 15 is 0 Å². The Hall–Kier alpha value is -0.470. The highest BCUT2D eigenvalue weighted by molar-refractivity contribution is 6.31. The normalized spacial score (nSPS) is 13.8. The molecule has 0 radical (unpaired) electrons. The van der Waals surface area contributed by atoms with Gasteiger partial charge in [0, 0.05) is 5.69 Å². The maximum atomic E-state index is 5.76. The van der Waals surface area contributed by atoms with Gasteiger partial charge in [-0.2, -0.15) is 0 Å². The number of hydrogen-bond donors (Lipinski definition) is 1. The molecular weight excluding hydrogens is 195 g/mol. The van der Waals surface area contributed by atoms with Gasteiger partial charge in [0.15, 0.2) is 5.15 Å². The molecule has 2 rings (SSSR count). The smallest absolute Gasteiger partial charge is 0.152 e. The highest BCUT2D eigenvalue weighted by Gasteiger charge is 2.13. The molecule has 0 unspecified atom stereocenters. The van der Waals surface area contributed by atoms with E-state index in [1.165, 1.54) is 12.0 Å². The predicted octanol–water partition coefficient (Wildman–Crippen LogP) is 2.23. The average Bonchev–Trinajstić information content (AvgIpc) is 2.36. The lowest BCUT2D eigenvalue weighted by Crippen LogP contribution is -1.94. The number of halogens is 2. The van der Waals surface area contributed by atoms with Crippen LogP contribution in [0.25, 0.3) is 0 Å². The Balaban J connectivity index is 0.000000720. The van der Waals surface area contributed by atoms with Crippen LogP contribution in [0.3, 0.4) is 0 Å². The van der Waals surface area contributed by atoms with Crippen molar-refractivity contribution in [3.8, 4) is 0 Å². The molecule has 1 heterocycles. The van der Waals surface area contributed by atoms with Crippen LogP contribution in [0.5, 0.6) is 0 Å². The maximum Gasteiger partial charge on any atom is 0.152 e. The first kappa shape index (κ1) is 9.62. The Morgan fingerprint density at radius 1 is 1.42 bits per heavy atom. The Morgan fingerprint density at radius 3 is 2.92 bits per heavy atom. The molecule has 66 valence electrons. The van der Waals surface area contributed by atoms with Gasteiger partial charge in [-0.05, 0) is 30.9 Å². The number of hydrogen-bond acceptors (Lipinski definition) is 2. The highest BCUT2D eigenvalue weighted by atomic mass is 35.5. The second-order valence-corrected chi connectivity index (χ2v) is 3.19. The van der Waals surface area contributed by atoms with E-state index in [-0.39, 0.29) is 12.4 Å². The molecule has 0 fully saturated rings. The quantitative estimate of drug-likeness (QED) is 0.659. The molecule has 0 spiro atoms. The van der Waals surface area contributed by atoms with E-state index in [9.17, 15) is 0 Å². The van der Waals surface area contributed by atoms with Gasteiger partial charge >= 0.3 is 0 Å². The first-order valence-corrected chi connectivity index (χ1v) is 4.09. The molecule has 0 amide bonds. The van der Waals surface area contributed by atoms with Crippen molar-refractivity contribution in [3.05, 3.63) is 22.5 Å². The van der Waals surface area contributed by atoms with Crippen molar-refractivity contribution in [1.29, 1.82) is 0 Å². The minimum Gasteiger partial charge on any atom is -0.396 e. The number of fused-ring (bicyclic) bond motifs is 1. The van der Waals surface area contributed by atoms with Crippen molar-refractivity contribution < 1.29 is 0 Å². The fourth-order valence-corrected chi connectivity index (χ4v) is 1.62. The summed E-state index contributed by atoms with van der Waals surface area (Å²) in [7, 11) is 0. The van der Waals surface area contributed by atoms with Gasteiger partial charge in [-0.1, -0.05) is 11.6 Å². The molecule has 1 aliphatic rings. The molecule has 1 aliphatic carbocycles. The van der Waals surface area contributed by atoms with Crippen LogP contribution in [0.2, 0.25) is 5.15 Å². The largest absolute Gasteiger partial charge is 0.396 e. The first-order chi connectivity index (χ1) is 5.27. The summed E-state index contributed by atoms with van der Waals surface area (Å²) in [5, 5.41) is 0.450. The molecule has 2 N–H and O–H groups in total. The molecule has 1 aromatic rings. The summed E-state index contributed by atoms with van der Waals surface area (Å²) >= 11 is 5.76. The van der Waals surface area contributed by atoms with E-state index in [4.69, 9.17) is 17.3 Å². The van der Waals surface area contributed by atoms with E-state index < -0.39 is 0 Å². The molecule has 12 heavy (non-hydrogen) atoms. The van der Waals surface area contributed by atoms with E-state index in [1.54, 1.807) is 0 Å². The first-order valence-electron chi connectivity index (χ1n) is 3.71. The molecule has 0 atom stereocenters. The Morgan fingerprint density at radius 2 is 2.17 bits per heavy atom. The zero-order chi connectivity index (χ0) is 7.84. The van der Waals surface area contributed by atoms with Crippen LogP contribution in [0, 0.1) is 0 Å². The Kier molecular flexibility index (Phi) is 2.80. The zero-order valence-electron chi connectivity index (χ0n) is 6.51. The molecule has 0 aromatic carbocycles. The third-order valence-electron chi connectivity index (χ3n) is 2.03. The van der Waals surface area contributed by atoms with Gasteiger partial charge < -0.3 is 5.73 Å². The third-order valence-corrected chi connectivity index (χ3v) is 2.33. The van der Waals surface area contributed by atoms with Gasteiger partial charge in [-0.3, -0.25) is 0 Å². The highest BCUT2D eigenvalue weighted by Crippen LogP contribution is 2.26. The van der Waals surface area contributed by atoms with Crippen molar-refractivity contribution in [3.63, 3.8) is 0 Å². The summed E-state index contributed by atoms with van der Waals surface area (Å²) in [6, 6.07) is 1.94. The van der Waals surface area contributed by atoms with Gasteiger partial charge in [0.2, 0.25) is 0 Å². The standard InChI is InChI=1S/C8H9ClN2.ClH/c9-8-6(10)4-5-2-1-3-7(5)11-8;/h4H,1-3,10H2;1H. The molecule has 2 nitrogen and oxygen atoms in total. The second kappa shape index (κ2) is 3.50. The maximum absolute atomic E-state index is 5.76. The molecule has 0 saturated carbocycles. The monoisotopic (exact) mass is 204 g/mol. The number of pyridine rings is 1. The lowest BCUT2D eigenvalue weighted by Gasteiger charge is -2.01. The summed E-state index contributed by atoms with van der Waals surface area (Å²) in [6.45, 7) is 0. The summed E-state index contributed by atoms with van der Waals surface area (Å²) < 4.78 is 0. The third kappa shape index (κ3) is 1.50. The van der Waals surface area contributed by atoms with Gasteiger partial charge in [0.25, 0.3) is 0 Å². The summed E-state index contributed by atoms with van der Waals surface area (Å²) in [6.07, 6.45) is 3.33. The number of nitrogens with two attached hydrogens (primary N) is 1. The molecular formula is C8H10Cl2N2. The molecule has 0 bridgehead atoms. The summed E-state index contributed by atoms with van der Waals surface area (Å²) in [5.74, 6) is 0. The molecule has 0 saturated heterocycles. The van der Waals surface area contributed by atoms with E-state index in [1.807, 2.05) is 6.07 Å². The number of nitrogens with zero attached hydrogens (tertiary/aromatic N) is 1. The number of nitrogen functional groups attached to an aromatic ring is 1. The molecule has 4 heteroatoms. The minimum absolute atomic E-state index is 0. The second-order valence-electron chi connectivity index (χ2n) is 2.83. The van der Waals surface area contributed by atoms with Crippen LogP contribution >= 0.6 is 24.0 Å². The molecule has 0 aliphatic heterocycles. The number of aryl methyl sites for hydroxylation is 2. The van der Waals surface area contributed by atoms with Crippen molar-refractivity contribution in [2.45, 2.75) is 19.3 Å². The molecule has 1 aromatic heterocycles. The van der Waals surface area contributed by atoms with Crippen molar-refractivity contribution >= 4 is 29.7 Å². The fourth-order valence-electron chi connectivity index (χ4n) is 1.46. The van der Waals surface area contributed by atoms with Crippen LogP contribution in [0.4, 0.5) is 5.69 Å². The topological polar surface area (TPSA) is 38.9 Å². The number of aromatic nitrogens is 1. The van der Waals surface area contributed by atoms with E-state index in [0.717, 1.165) is 18.5 Å². The van der Waals surface area contributed by atoms with Crippen LogP contribution in [0.15, 0.2) is 6.07 Å². The van der Waals surface area contributed by atoms with Crippen LogP contribution in [0.1, 0.15) is 17.7 Å². The van der Waals surface area contributed by atoms with Crippen molar-refractivity contribution in [1.82, 2.24) is 4.98 Å². The van der Waals surface area contributed by atoms with Gasteiger partial charge in [-0.15, -0.1) is 12.4 Å². The Labute approximate surface area is 82.5 Å².